The van der Waals surface area contributed by atoms with E-state index in [0.717, 1.165) is 11.3 Å². The summed E-state index contributed by atoms with van der Waals surface area (Å²) in [6, 6.07) is 7.52. The number of amidine groups is 1. The Labute approximate surface area is 103 Å². The van der Waals surface area contributed by atoms with Gasteiger partial charge in [0.05, 0.1) is 12.9 Å². The van der Waals surface area contributed by atoms with Gasteiger partial charge < -0.3 is 4.74 Å². The Hall–Kier alpha value is -1.82. The second kappa shape index (κ2) is 5.49. The molecule has 0 unspecified atom stereocenters. The number of amides is 1. The Morgan fingerprint density at radius 1 is 1.47 bits per heavy atom. The molecule has 1 amide bonds. The first-order valence-electron chi connectivity index (χ1n) is 4.95. The van der Waals surface area contributed by atoms with Gasteiger partial charge >= 0.3 is 0 Å². The molecule has 0 saturated heterocycles. The van der Waals surface area contributed by atoms with Gasteiger partial charge in [-0.3, -0.25) is 4.79 Å². The van der Waals surface area contributed by atoms with Gasteiger partial charge in [0.1, 0.15) is 5.75 Å². The molecule has 0 bridgehead atoms. The van der Waals surface area contributed by atoms with Crippen LogP contribution >= 0.6 is 11.8 Å². The molecule has 0 saturated carbocycles. The van der Waals surface area contributed by atoms with E-state index in [-0.39, 0.29) is 5.91 Å². The largest absolute Gasteiger partial charge is 0.497 e. The van der Waals surface area contributed by atoms with Crippen molar-refractivity contribution in [1.82, 2.24) is 5.43 Å². The highest BCUT2D eigenvalue weighted by molar-refractivity contribution is 8.14. The quantitative estimate of drug-likeness (QED) is 0.802. The number of methoxy groups -OCH3 is 1. The lowest BCUT2D eigenvalue weighted by Crippen LogP contribution is -2.25. The van der Waals surface area contributed by atoms with Gasteiger partial charge in [0.2, 0.25) is 5.17 Å². The van der Waals surface area contributed by atoms with E-state index in [1.807, 2.05) is 24.3 Å². The maximum atomic E-state index is 10.8. The molecule has 1 N–H and O–H groups in total. The summed E-state index contributed by atoms with van der Waals surface area (Å²) in [6.45, 7) is 0. The van der Waals surface area contributed by atoms with E-state index in [9.17, 15) is 4.79 Å². The number of hydrogen-bond donors (Lipinski definition) is 1. The monoisotopic (exact) mass is 249 g/mol. The summed E-state index contributed by atoms with van der Waals surface area (Å²) in [4.78, 5) is 15.0. The maximum Gasteiger partial charge on any atom is 0.250 e. The summed E-state index contributed by atoms with van der Waals surface area (Å²) in [7, 11) is 1.62. The van der Waals surface area contributed by atoms with Crippen LogP contribution in [0.4, 0.5) is 0 Å². The number of benzene rings is 1. The van der Waals surface area contributed by atoms with Gasteiger partial charge in [-0.05, 0) is 29.8 Å². The van der Waals surface area contributed by atoms with Crippen molar-refractivity contribution in [3.63, 3.8) is 0 Å². The zero-order chi connectivity index (χ0) is 12.1. The standard InChI is InChI=1S/C11H11N3O2S/c1-16-9-4-2-8(3-5-9)6-12-11-14-13-10(15)7-17-11/h2-6H,7H2,1H3,(H,13,15). The molecule has 0 fully saturated rings. The van der Waals surface area contributed by atoms with Crippen LogP contribution in [0.15, 0.2) is 34.4 Å². The topological polar surface area (TPSA) is 63.1 Å². The van der Waals surface area contributed by atoms with Gasteiger partial charge in [0.25, 0.3) is 5.91 Å². The van der Waals surface area contributed by atoms with Gasteiger partial charge in [-0.15, -0.1) is 5.10 Å². The highest BCUT2D eigenvalue weighted by atomic mass is 32.2. The van der Waals surface area contributed by atoms with E-state index in [0.29, 0.717) is 10.9 Å². The molecular weight excluding hydrogens is 238 g/mol. The van der Waals surface area contributed by atoms with Crippen LogP contribution in [0.1, 0.15) is 5.56 Å². The number of carbonyl (C=O) groups excluding carboxylic acids is 1. The zero-order valence-corrected chi connectivity index (χ0v) is 10.0. The van der Waals surface area contributed by atoms with Crippen LogP contribution < -0.4 is 10.2 Å². The normalized spacial score (nSPS) is 15.6. The molecule has 17 heavy (non-hydrogen) atoms. The van der Waals surface area contributed by atoms with Gasteiger partial charge in [0, 0.05) is 6.21 Å². The second-order valence-electron chi connectivity index (χ2n) is 3.25. The van der Waals surface area contributed by atoms with Gasteiger partial charge in [0.15, 0.2) is 0 Å². The predicted octanol–water partition coefficient (Wildman–Crippen LogP) is 1.25. The molecular formula is C11H11N3O2S. The maximum absolute atomic E-state index is 10.8. The minimum absolute atomic E-state index is 0.0987. The number of hydrazone groups is 1. The van der Waals surface area contributed by atoms with Crippen molar-refractivity contribution in [2.24, 2.45) is 10.1 Å². The lowest BCUT2D eigenvalue weighted by Gasteiger charge is -2.06. The Morgan fingerprint density at radius 3 is 2.82 bits per heavy atom. The van der Waals surface area contributed by atoms with Crippen molar-refractivity contribution in [2.75, 3.05) is 12.9 Å². The third kappa shape index (κ3) is 3.32. The number of nitrogens with zero attached hydrogens (tertiary/aromatic N) is 2. The van der Waals surface area contributed by atoms with Crippen molar-refractivity contribution >= 4 is 29.1 Å². The first-order valence-corrected chi connectivity index (χ1v) is 5.94. The molecule has 6 heteroatoms. The minimum atomic E-state index is -0.0987. The fourth-order valence-electron chi connectivity index (χ4n) is 1.19. The molecule has 0 atom stereocenters. The molecule has 0 spiro atoms. The van der Waals surface area contributed by atoms with Crippen molar-refractivity contribution in [3.8, 4) is 5.75 Å². The number of rotatable bonds is 2. The average molecular weight is 249 g/mol. The SMILES string of the molecule is COc1ccc(C=NC2=NNC(=O)CS2)cc1. The molecule has 0 aromatic heterocycles. The van der Waals surface area contributed by atoms with Gasteiger partial charge in [-0.1, -0.05) is 11.8 Å². The lowest BCUT2D eigenvalue weighted by atomic mass is 10.2. The lowest BCUT2D eigenvalue weighted by molar-refractivity contribution is -0.118. The number of carbonyl (C=O) groups is 1. The second-order valence-corrected chi connectivity index (χ2v) is 4.19. The highest BCUT2D eigenvalue weighted by Gasteiger charge is 2.10. The Balaban J connectivity index is 2.02. The van der Waals surface area contributed by atoms with E-state index in [2.05, 4.69) is 15.5 Å². The molecule has 1 heterocycles. The summed E-state index contributed by atoms with van der Waals surface area (Å²) >= 11 is 1.31. The van der Waals surface area contributed by atoms with Crippen molar-refractivity contribution in [1.29, 1.82) is 0 Å². The zero-order valence-electron chi connectivity index (χ0n) is 9.21. The van der Waals surface area contributed by atoms with Crippen LogP contribution in [-0.4, -0.2) is 30.2 Å². The fraction of sp³-hybridized carbons (Fsp3) is 0.182. The summed E-state index contributed by atoms with van der Waals surface area (Å²) < 4.78 is 5.06. The van der Waals surface area contributed by atoms with Crippen molar-refractivity contribution in [2.45, 2.75) is 0 Å². The van der Waals surface area contributed by atoms with Crippen molar-refractivity contribution in [3.05, 3.63) is 29.8 Å². The molecule has 1 aromatic carbocycles. The molecule has 0 radical (unpaired) electrons. The van der Waals surface area contributed by atoms with Gasteiger partial charge in [-0.2, -0.15) is 0 Å². The Kier molecular flexibility index (Phi) is 3.77. The van der Waals surface area contributed by atoms with E-state index in [4.69, 9.17) is 4.74 Å². The number of thioether (sulfide) groups is 1. The summed E-state index contributed by atoms with van der Waals surface area (Å²) in [6.07, 6.45) is 1.70. The summed E-state index contributed by atoms with van der Waals surface area (Å²) in [5.74, 6) is 1.07. The number of hydrogen-bond acceptors (Lipinski definition) is 5. The smallest absolute Gasteiger partial charge is 0.250 e. The van der Waals surface area contributed by atoms with Crippen LogP contribution in [-0.2, 0) is 4.79 Å². The molecule has 88 valence electrons. The highest BCUT2D eigenvalue weighted by Crippen LogP contribution is 2.11. The fourth-order valence-corrected chi connectivity index (χ4v) is 1.75. The first kappa shape index (κ1) is 11.7. The predicted molar refractivity (Wildman–Crippen MR) is 68.6 cm³/mol. The van der Waals surface area contributed by atoms with Crippen LogP contribution in [0.25, 0.3) is 0 Å². The summed E-state index contributed by atoms with van der Waals surface area (Å²) in [5.41, 5.74) is 3.33. The number of nitrogens with one attached hydrogen (secondary N) is 1. The van der Waals surface area contributed by atoms with Crippen LogP contribution in [0.2, 0.25) is 0 Å². The molecule has 1 aliphatic heterocycles. The molecule has 5 nitrogen and oxygen atoms in total. The minimum Gasteiger partial charge on any atom is -0.497 e. The third-order valence-corrected chi connectivity index (χ3v) is 2.91. The van der Waals surface area contributed by atoms with Crippen LogP contribution in [0.3, 0.4) is 0 Å². The van der Waals surface area contributed by atoms with Crippen LogP contribution in [0.5, 0.6) is 5.75 Å². The number of ether oxygens (including phenoxy) is 1. The first-order chi connectivity index (χ1) is 8.28. The Morgan fingerprint density at radius 2 is 2.24 bits per heavy atom. The van der Waals surface area contributed by atoms with Crippen molar-refractivity contribution < 1.29 is 9.53 Å². The van der Waals surface area contributed by atoms with Crippen LogP contribution in [0, 0.1) is 0 Å². The average Bonchev–Trinajstić information content (AvgIpc) is 2.39. The molecule has 0 aliphatic carbocycles. The van der Waals surface area contributed by atoms with E-state index in [1.165, 1.54) is 11.8 Å². The van der Waals surface area contributed by atoms with E-state index in [1.54, 1.807) is 13.3 Å². The molecule has 1 aromatic rings. The molecule has 1 aliphatic rings. The van der Waals surface area contributed by atoms with E-state index >= 15 is 0 Å². The van der Waals surface area contributed by atoms with Gasteiger partial charge in [-0.25, -0.2) is 10.4 Å². The number of aliphatic imine (C=N–C) groups is 1. The molecule has 2 rings (SSSR count). The third-order valence-electron chi connectivity index (χ3n) is 2.05. The Bertz CT molecular complexity index is 468. The van der Waals surface area contributed by atoms with E-state index < -0.39 is 0 Å². The summed E-state index contributed by atoms with van der Waals surface area (Å²) in [5, 5.41) is 4.37.